The summed E-state index contributed by atoms with van der Waals surface area (Å²) in [4.78, 5) is 33.2. The van der Waals surface area contributed by atoms with Crippen molar-refractivity contribution < 1.29 is 24.6 Å². The van der Waals surface area contributed by atoms with E-state index in [1.165, 1.54) is 0 Å². The third-order valence-electron chi connectivity index (χ3n) is 3.33. The summed E-state index contributed by atoms with van der Waals surface area (Å²) < 4.78 is 0. The van der Waals surface area contributed by atoms with Crippen LogP contribution in [0.4, 0.5) is 0 Å². The van der Waals surface area contributed by atoms with Crippen molar-refractivity contribution in [1.29, 1.82) is 0 Å². The van der Waals surface area contributed by atoms with E-state index in [2.05, 4.69) is 5.32 Å². The molecule has 0 aliphatic rings. The normalized spacial score (nSPS) is 11.1. The number of aliphatic carboxylic acids is 2. The minimum absolute atomic E-state index is 0.108. The summed E-state index contributed by atoms with van der Waals surface area (Å²) in [6, 6.07) is 0. The average Bonchev–Trinajstić information content (AvgIpc) is 2.39. The SMILES string of the molecule is CC(CCC(=O)O)(CCC(=O)O)NC(=O)CCCCCN. The van der Waals surface area contributed by atoms with Crippen molar-refractivity contribution in [2.45, 2.75) is 63.8 Å². The van der Waals surface area contributed by atoms with Crippen LogP contribution in [0.3, 0.4) is 0 Å². The topological polar surface area (TPSA) is 130 Å². The molecule has 5 N–H and O–H groups in total. The lowest BCUT2D eigenvalue weighted by Gasteiger charge is -2.30. The molecule has 0 unspecified atom stereocenters. The largest absolute Gasteiger partial charge is 0.481 e. The Bertz CT molecular complexity index is 339. The summed E-state index contributed by atoms with van der Waals surface area (Å²) in [5.74, 6) is -2.10. The second kappa shape index (κ2) is 10.1. The first kappa shape index (κ1) is 19.4. The zero-order valence-electron chi connectivity index (χ0n) is 12.6. The molecule has 0 saturated heterocycles. The maximum Gasteiger partial charge on any atom is 0.303 e. The van der Waals surface area contributed by atoms with Crippen LogP contribution < -0.4 is 11.1 Å². The molecule has 0 radical (unpaired) electrons. The number of carboxylic acids is 2. The molecule has 0 fully saturated rings. The standard InChI is InChI=1S/C14H26N2O5/c1-14(8-6-12(18)19,9-7-13(20)21)16-11(17)5-3-2-4-10-15/h2-10,15H2,1H3,(H,16,17)(H,18,19)(H,20,21). The van der Waals surface area contributed by atoms with Crippen LogP contribution in [0.2, 0.25) is 0 Å². The smallest absolute Gasteiger partial charge is 0.303 e. The van der Waals surface area contributed by atoms with Gasteiger partial charge >= 0.3 is 11.9 Å². The molecule has 7 nitrogen and oxygen atoms in total. The first-order valence-corrected chi connectivity index (χ1v) is 7.24. The Labute approximate surface area is 124 Å². The van der Waals surface area contributed by atoms with Crippen LogP contribution >= 0.6 is 0 Å². The summed E-state index contributed by atoms with van der Waals surface area (Å²) in [7, 11) is 0. The highest BCUT2D eigenvalue weighted by molar-refractivity contribution is 5.77. The number of unbranched alkanes of at least 4 members (excludes halogenated alkanes) is 2. The Morgan fingerprint density at radius 2 is 1.48 bits per heavy atom. The van der Waals surface area contributed by atoms with Gasteiger partial charge in [-0.15, -0.1) is 0 Å². The van der Waals surface area contributed by atoms with Crippen LogP contribution in [-0.4, -0.2) is 40.1 Å². The highest BCUT2D eigenvalue weighted by Gasteiger charge is 2.27. The van der Waals surface area contributed by atoms with E-state index >= 15 is 0 Å². The van der Waals surface area contributed by atoms with E-state index in [0.717, 1.165) is 19.3 Å². The molecule has 122 valence electrons. The second-order valence-corrected chi connectivity index (χ2v) is 5.50. The Morgan fingerprint density at radius 3 is 1.90 bits per heavy atom. The Morgan fingerprint density at radius 1 is 0.952 bits per heavy atom. The van der Waals surface area contributed by atoms with Crippen LogP contribution in [0.25, 0.3) is 0 Å². The fourth-order valence-electron chi connectivity index (χ4n) is 2.02. The third kappa shape index (κ3) is 10.8. The molecule has 0 aromatic rings. The molecule has 0 aliphatic heterocycles. The van der Waals surface area contributed by atoms with Gasteiger partial charge in [-0.05, 0) is 39.2 Å². The molecule has 1 amide bonds. The number of nitrogens with two attached hydrogens (primary N) is 1. The maximum atomic E-state index is 11.9. The minimum Gasteiger partial charge on any atom is -0.481 e. The summed E-state index contributed by atoms with van der Waals surface area (Å²) in [5.41, 5.74) is 4.57. The summed E-state index contributed by atoms with van der Waals surface area (Å²) in [5, 5.41) is 20.3. The van der Waals surface area contributed by atoms with Gasteiger partial charge in [0.1, 0.15) is 0 Å². The molecule has 0 saturated carbocycles. The average molecular weight is 302 g/mol. The number of hydrogen-bond donors (Lipinski definition) is 4. The van der Waals surface area contributed by atoms with Crippen molar-refractivity contribution in [1.82, 2.24) is 5.32 Å². The number of nitrogens with one attached hydrogen (secondary N) is 1. The zero-order chi connectivity index (χ0) is 16.3. The van der Waals surface area contributed by atoms with E-state index in [9.17, 15) is 14.4 Å². The minimum atomic E-state index is -0.964. The summed E-state index contributed by atoms with van der Waals surface area (Å²) in [6.07, 6.45) is 3.00. The van der Waals surface area contributed by atoms with E-state index in [1.54, 1.807) is 6.92 Å². The monoisotopic (exact) mass is 302 g/mol. The number of carboxylic acid groups (broad SMARTS) is 2. The van der Waals surface area contributed by atoms with Gasteiger partial charge in [0.05, 0.1) is 0 Å². The van der Waals surface area contributed by atoms with Crippen molar-refractivity contribution in [3.8, 4) is 0 Å². The third-order valence-corrected chi connectivity index (χ3v) is 3.33. The Kier molecular flexibility index (Phi) is 9.36. The van der Waals surface area contributed by atoms with Crippen LogP contribution in [0.1, 0.15) is 58.3 Å². The van der Waals surface area contributed by atoms with Crippen LogP contribution in [0.15, 0.2) is 0 Å². The van der Waals surface area contributed by atoms with Gasteiger partial charge in [0.15, 0.2) is 0 Å². The molecule has 0 aromatic carbocycles. The second-order valence-electron chi connectivity index (χ2n) is 5.50. The predicted octanol–water partition coefficient (Wildman–Crippen LogP) is 1.11. The number of rotatable bonds is 12. The lowest BCUT2D eigenvalue weighted by atomic mass is 9.90. The molecule has 0 aromatic heterocycles. The van der Waals surface area contributed by atoms with E-state index < -0.39 is 17.5 Å². The zero-order valence-corrected chi connectivity index (χ0v) is 12.6. The number of carbonyl (C=O) groups is 3. The van der Waals surface area contributed by atoms with Crippen LogP contribution in [0, 0.1) is 0 Å². The molecule has 0 rings (SSSR count). The Hall–Kier alpha value is -1.63. The molecule has 0 bridgehead atoms. The highest BCUT2D eigenvalue weighted by Crippen LogP contribution is 2.20. The number of carbonyl (C=O) groups excluding carboxylic acids is 1. The van der Waals surface area contributed by atoms with E-state index in [-0.39, 0.29) is 31.6 Å². The summed E-state index contributed by atoms with van der Waals surface area (Å²) in [6.45, 7) is 2.28. The van der Waals surface area contributed by atoms with E-state index in [4.69, 9.17) is 15.9 Å². The van der Waals surface area contributed by atoms with E-state index in [1.807, 2.05) is 0 Å². The molecule has 0 spiro atoms. The van der Waals surface area contributed by atoms with Gasteiger partial charge in [-0.25, -0.2) is 0 Å². The molecule has 21 heavy (non-hydrogen) atoms. The molecule has 7 heteroatoms. The number of amides is 1. The van der Waals surface area contributed by atoms with Crippen LogP contribution in [-0.2, 0) is 14.4 Å². The molecule has 0 atom stereocenters. The fourth-order valence-corrected chi connectivity index (χ4v) is 2.02. The first-order chi connectivity index (χ1) is 9.79. The van der Waals surface area contributed by atoms with Gasteiger partial charge in [0.2, 0.25) is 5.91 Å². The maximum absolute atomic E-state index is 11.9. The van der Waals surface area contributed by atoms with Gasteiger partial charge in [-0.3, -0.25) is 14.4 Å². The summed E-state index contributed by atoms with van der Waals surface area (Å²) >= 11 is 0. The van der Waals surface area contributed by atoms with Gasteiger partial charge in [-0.1, -0.05) is 6.42 Å². The molecule has 0 aliphatic carbocycles. The molecular weight excluding hydrogens is 276 g/mol. The molecule has 0 heterocycles. The fraction of sp³-hybridized carbons (Fsp3) is 0.786. The molecular formula is C14H26N2O5. The van der Waals surface area contributed by atoms with Gasteiger partial charge in [0.25, 0.3) is 0 Å². The van der Waals surface area contributed by atoms with E-state index in [0.29, 0.717) is 13.0 Å². The first-order valence-electron chi connectivity index (χ1n) is 7.24. The highest BCUT2D eigenvalue weighted by atomic mass is 16.4. The van der Waals surface area contributed by atoms with Gasteiger partial charge in [0, 0.05) is 24.8 Å². The number of hydrogen-bond acceptors (Lipinski definition) is 4. The van der Waals surface area contributed by atoms with Crippen LogP contribution in [0.5, 0.6) is 0 Å². The lowest BCUT2D eigenvalue weighted by Crippen LogP contribution is -2.46. The van der Waals surface area contributed by atoms with Crippen molar-refractivity contribution in [2.24, 2.45) is 5.73 Å². The van der Waals surface area contributed by atoms with Crippen molar-refractivity contribution >= 4 is 17.8 Å². The van der Waals surface area contributed by atoms with Gasteiger partial charge < -0.3 is 21.3 Å². The van der Waals surface area contributed by atoms with Crippen molar-refractivity contribution in [3.05, 3.63) is 0 Å². The lowest BCUT2D eigenvalue weighted by molar-refractivity contribution is -0.138. The van der Waals surface area contributed by atoms with Gasteiger partial charge in [-0.2, -0.15) is 0 Å². The quantitative estimate of drug-likeness (QED) is 0.400. The predicted molar refractivity (Wildman–Crippen MR) is 77.8 cm³/mol. The van der Waals surface area contributed by atoms with Crippen molar-refractivity contribution in [3.63, 3.8) is 0 Å². The van der Waals surface area contributed by atoms with Crippen molar-refractivity contribution in [2.75, 3.05) is 6.54 Å². The Balaban J connectivity index is 4.39.